The quantitative estimate of drug-likeness (QED) is 0.0681. The molecule has 2 heterocycles. The van der Waals surface area contributed by atoms with Crippen LogP contribution < -0.4 is 10.6 Å². The van der Waals surface area contributed by atoms with Crippen LogP contribution in [0.5, 0.6) is 0 Å². The molecule has 21 heteroatoms. The van der Waals surface area contributed by atoms with E-state index >= 15 is 0 Å². The van der Waals surface area contributed by atoms with Gasteiger partial charge in [-0.05, 0) is 18.6 Å². The normalized spacial score (nSPS) is 15.2. The first-order valence-corrected chi connectivity index (χ1v) is 21.2. The molecule has 0 saturated carbocycles. The molecule has 20 nitrogen and oxygen atoms in total. The summed E-state index contributed by atoms with van der Waals surface area (Å²) >= 11 is 0. The number of ether oxygens (including phenoxy) is 13. The van der Waals surface area contributed by atoms with Crippen molar-refractivity contribution in [2.45, 2.75) is 18.9 Å². The zero-order valence-corrected chi connectivity index (χ0v) is 35.8. The van der Waals surface area contributed by atoms with E-state index in [0.29, 0.717) is 177 Å². The number of hydrogen-bond donors (Lipinski definition) is 2. The lowest BCUT2D eigenvalue weighted by atomic mass is 10.0. The Labute approximate surface area is 362 Å². The van der Waals surface area contributed by atoms with Crippen molar-refractivity contribution in [3.63, 3.8) is 0 Å². The number of rotatable bonds is 43. The van der Waals surface area contributed by atoms with Crippen LogP contribution in [0.15, 0.2) is 18.2 Å². The SMILES string of the molecule is O=C1CCC(N2C(=O)c3cccc(NCCOCCOCCOCCOCCOCCOCCOCCOCCOCCOCCOCCOCCOCCF)c3C2=O)C(=O)N1. The van der Waals surface area contributed by atoms with Crippen LogP contribution >= 0.6 is 0 Å². The van der Waals surface area contributed by atoms with Gasteiger partial charge in [0.2, 0.25) is 11.8 Å². The molecule has 2 N–H and O–H groups in total. The largest absolute Gasteiger partial charge is 0.382 e. The van der Waals surface area contributed by atoms with Gasteiger partial charge in [-0.2, -0.15) is 0 Å². The predicted octanol–water partition coefficient (Wildman–Crippen LogP) is 0.685. The van der Waals surface area contributed by atoms with Crippen LogP contribution in [0.2, 0.25) is 0 Å². The van der Waals surface area contributed by atoms with E-state index in [-0.39, 0.29) is 30.6 Å². The maximum Gasteiger partial charge on any atom is 0.264 e. The third-order valence-corrected chi connectivity index (χ3v) is 8.72. The van der Waals surface area contributed by atoms with E-state index in [0.717, 1.165) is 4.90 Å². The van der Waals surface area contributed by atoms with E-state index in [9.17, 15) is 23.6 Å². The summed E-state index contributed by atoms with van der Waals surface area (Å²) in [5, 5.41) is 5.33. The van der Waals surface area contributed by atoms with Crippen molar-refractivity contribution < 1.29 is 85.1 Å². The molecule has 2 aliphatic heterocycles. The van der Waals surface area contributed by atoms with Crippen LogP contribution in [0.25, 0.3) is 0 Å². The minimum Gasteiger partial charge on any atom is -0.382 e. The van der Waals surface area contributed by atoms with Crippen LogP contribution in [-0.2, 0) is 71.2 Å². The van der Waals surface area contributed by atoms with Crippen LogP contribution in [-0.4, -0.2) is 220 Å². The van der Waals surface area contributed by atoms with Crippen LogP contribution in [0, 0.1) is 0 Å². The first-order chi connectivity index (χ1) is 30.5. The van der Waals surface area contributed by atoms with E-state index < -0.39 is 36.3 Å². The van der Waals surface area contributed by atoms with E-state index in [1.165, 1.54) is 0 Å². The van der Waals surface area contributed by atoms with Crippen molar-refractivity contribution in [3.05, 3.63) is 29.3 Å². The van der Waals surface area contributed by atoms with Crippen molar-refractivity contribution in [3.8, 4) is 0 Å². The first-order valence-electron chi connectivity index (χ1n) is 21.2. The summed E-state index contributed by atoms with van der Waals surface area (Å²) in [4.78, 5) is 50.9. The number of nitrogens with one attached hydrogen (secondary N) is 2. The van der Waals surface area contributed by atoms with Gasteiger partial charge in [0.1, 0.15) is 12.7 Å². The maximum atomic E-state index is 13.2. The Balaban J connectivity index is 0.963. The molecular weight excluding hydrogens is 825 g/mol. The second-order valence-corrected chi connectivity index (χ2v) is 13.3. The standard InChI is InChI=1S/C41H66FN3O17/c42-6-8-50-10-12-52-14-16-54-18-20-56-22-24-58-26-28-60-30-32-62-33-31-61-29-27-59-25-23-57-21-19-55-17-15-53-13-11-51-9-7-43-35-3-1-2-34-38(35)41(49)45(40(34)48)36-4-5-37(46)44-39(36)47/h1-3,36,43H,4-33H2,(H,44,46,47). The Kier molecular flexibility index (Phi) is 30.9. The number of carbonyl (C=O) groups excluding carboxylic acids is 4. The summed E-state index contributed by atoms with van der Waals surface area (Å²) < 4.78 is 82.5. The minimum atomic E-state index is -1.02. The summed E-state index contributed by atoms with van der Waals surface area (Å²) in [6.45, 7) is 11.1. The average Bonchev–Trinajstić information content (AvgIpc) is 3.52. The third-order valence-electron chi connectivity index (χ3n) is 8.72. The van der Waals surface area contributed by atoms with Gasteiger partial charge in [0.05, 0.1) is 183 Å². The highest BCUT2D eigenvalue weighted by Crippen LogP contribution is 2.32. The zero-order valence-electron chi connectivity index (χ0n) is 35.8. The molecule has 1 fully saturated rings. The molecule has 3 rings (SSSR count). The minimum absolute atomic E-state index is 0.0615. The Morgan fingerprint density at radius 2 is 0.855 bits per heavy atom. The highest BCUT2D eigenvalue weighted by molar-refractivity contribution is 6.25. The Morgan fingerprint density at radius 1 is 0.500 bits per heavy atom. The lowest BCUT2D eigenvalue weighted by molar-refractivity contribution is -0.136. The molecule has 1 atom stereocenters. The number of alkyl halides is 1. The molecule has 1 aromatic carbocycles. The molecule has 1 saturated heterocycles. The average molecular weight is 892 g/mol. The molecule has 4 amide bonds. The van der Waals surface area contributed by atoms with E-state index in [1.807, 2.05) is 0 Å². The number of carbonyl (C=O) groups is 4. The summed E-state index contributed by atoms with van der Waals surface area (Å²) in [5.41, 5.74) is 0.894. The van der Waals surface area contributed by atoms with E-state index in [1.54, 1.807) is 18.2 Å². The van der Waals surface area contributed by atoms with Crippen LogP contribution in [0.3, 0.4) is 0 Å². The van der Waals surface area contributed by atoms with Crippen molar-refractivity contribution in [1.82, 2.24) is 10.2 Å². The fraction of sp³-hybridized carbons (Fsp3) is 0.756. The monoisotopic (exact) mass is 891 g/mol. The highest BCUT2D eigenvalue weighted by Gasteiger charge is 2.45. The van der Waals surface area contributed by atoms with Gasteiger partial charge < -0.3 is 66.9 Å². The molecule has 62 heavy (non-hydrogen) atoms. The van der Waals surface area contributed by atoms with Gasteiger partial charge >= 0.3 is 0 Å². The van der Waals surface area contributed by atoms with E-state index in [4.69, 9.17) is 61.6 Å². The topological polar surface area (TPSA) is 216 Å². The molecule has 354 valence electrons. The lowest BCUT2D eigenvalue weighted by Gasteiger charge is -2.27. The van der Waals surface area contributed by atoms with Crippen molar-refractivity contribution in [2.24, 2.45) is 0 Å². The zero-order chi connectivity index (χ0) is 44.1. The number of amides is 4. The second kappa shape index (κ2) is 36.1. The van der Waals surface area contributed by atoms with Gasteiger partial charge in [-0.25, -0.2) is 4.39 Å². The van der Waals surface area contributed by atoms with E-state index in [2.05, 4.69) is 10.6 Å². The predicted molar refractivity (Wildman–Crippen MR) is 218 cm³/mol. The Hall–Kier alpha value is -3.29. The molecule has 1 aromatic rings. The van der Waals surface area contributed by atoms with Crippen molar-refractivity contribution >= 4 is 29.3 Å². The Morgan fingerprint density at radius 3 is 1.21 bits per heavy atom. The smallest absolute Gasteiger partial charge is 0.264 e. The van der Waals surface area contributed by atoms with Gasteiger partial charge in [-0.1, -0.05) is 6.07 Å². The summed E-state index contributed by atoms with van der Waals surface area (Å²) in [5.74, 6) is -2.18. The molecule has 1 unspecified atom stereocenters. The fourth-order valence-electron chi connectivity index (χ4n) is 5.72. The fourth-order valence-corrected chi connectivity index (χ4v) is 5.72. The summed E-state index contributed by atoms with van der Waals surface area (Å²) in [6, 6.07) is 3.89. The van der Waals surface area contributed by atoms with Crippen LogP contribution in [0.4, 0.5) is 10.1 Å². The molecular formula is C41H66FN3O17. The Bertz CT molecular complexity index is 1370. The number of piperidine rings is 1. The van der Waals surface area contributed by atoms with Gasteiger partial charge in [0.15, 0.2) is 0 Å². The number of anilines is 1. The summed E-state index contributed by atoms with van der Waals surface area (Å²) in [6.07, 6.45) is 0.161. The number of imide groups is 2. The maximum absolute atomic E-state index is 13.2. The molecule has 0 radical (unpaired) electrons. The van der Waals surface area contributed by atoms with Crippen LogP contribution in [0.1, 0.15) is 33.6 Å². The van der Waals surface area contributed by atoms with Gasteiger partial charge in [-0.15, -0.1) is 0 Å². The van der Waals surface area contributed by atoms with Crippen molar-refractivity contribution in [2.75, 3.05) is 190 Å². The number of halogens is 1. The molecule has 0 aromatic heterocycles. The third kappa shape index (κ3) is 23.4. The molecule has 2 aliphatic rings. The highest BCUT2D eigenvalue weighted by atomic mass is 19.1. The summed E-state index contributed by atoms with van der Waals surface area (Å²) in [7, 11) is 0. The number of nitrogens with zero attached hydrogens (tertiary/aromatic N) is 1. The molecule has 0 aliphatic carbocycles. The van der Waals surface area contributed by atoms with Gasteiger partial charge in [0.25, 0.3) is 11.8 Å². The number of fused-ring (bicyclic) bond motifs is 1. The number of benzene rings is 1. The van der Waals surface area contributed by atoms with Gasteiger partial charge in [-0.3, -0.25) is 29.4 Å². The number of hydrogen-bond acceptors (Lipinski definition) is 18. The molecule has 0 spiro atoms. The van der Waals surface area contributed by atoms with Gasteiger partial charge in [0, 0.05) is 18.7 Å². The lowest BCUT2D eigenvalue weighted by Crippen LogP contribution is -2.54. The van der Waals surface area contributed by atoms with Crippen molar-refractivity contribution in [1.29, 1.82) is 0 Å². The first kappa shape index (κ1) is 53.1. The second-order valence-electron chi connectivity index (χ2n) is 13.3. The molecule has 0 bridgehead atoms.